The molecule has 1 saturated carbocycles. The summed E-state index contributed by atoms with van der Waals surface area (Å²) in [5.41, 5.74) is 0. The van der Waals surface area contributed by atoms with Crippen molar-refractivity contribution < 1.29 is 0 Å². The fraction of sp³-hybridized carbons (Fsp3) is 0.364. The third kappa shape index (κ3) is 1.64. The molecule has 0 amide bonds. The molecule has 0 aromatic carbocycles. The molecule has 16 heavy (non-hydrogen) atoms. The molecule has 2 aromatic rings. The predicted molar refractivity (Wildman–Crippen MR) is 60.7 cm³/mol. The molecule has 1 fully saturated rings. The number of hydrogen-bond donors (Lipinski definition) is 1. The molecular formula is C11H13N5. The van der Waals surface area contributed by atoms with Gasteiger partial charge < -0.3 is 5.32 Å². The lowest BCUT2D eigenvalue weighted by Gasteiger charge is -2.07. The first-order chi connectivity index (χ1) is 7.86. The van der Waals surface area contributed by atoms with E-state index in [1.165, 1.54) is 12.8 Å². The van der Waals surface area contributed by atoms with Gasteiger partial charge in [-0.3, -0.25) is 4.57 Å². The molecule has 82 valence electrons. The Morgan fingerprint density at radius 1 is 1.38 bits per heavy atom. The van der Waals surface area contributed by atoms with Crippen LogP contribution in [-0.2, 0) is 0 Å². The zero-order valence-corrected chi connectivity index (χ0v) is 9.09. The minimum Gasteiger partial charge on any atom is -0.373 e. The Morgan fingerprint density at radius 3 is 2.88 bits per heavy atom. The quantitative estimate of drug-likeness (QED) is 0.844. The zero-order valence-electron chi connectivity index (χ0n) is 9.09. The van der Waals surface area contributed by atoms with Crippen LogP contribution in [0.1, 0.15) is 24.6 Å². The molecule has 1 N–H and O–H groups in total. The lowest BCUT2D eigenvalue weighted by Crippen LogP contribution is -2.04. The Kier molecular flexibility index (Phi) is 2.09. The van der Waals surface area contributed by atoms with Gasteiger partial charge in [0.2, 0.25) is 0 Å². The van der Waals surface area contributed by atoms with Gasteiger partial charge >= 0.3 is 0 Å². The maximum absolute atomic E-state index is 4.56. The number of nitrogens with zero attached hydrogens (tertiary/aromatic N) is 4. The van der Waals surface area contributed by atoms with Gasteiger partial charge in [0.05, 0.1) is 0 Å². The minimum absolute atomic E-state index is 0.551. The van der Waals surface area contributed by atoms with Crippen molar-refractivity contribution in [3.8, 4) is 5.82 Å². The van der Waals surface area contributed by atoms with E-state index in [4.69, 9.17) is 0 Å². The molecule has 2 heterocycles. The molecule has 3 rings (SSSR count). The third-order valence-corrected chi connectivity index (χ3v) is 2.70. The van der Waals surface area contributed by atoms with E-state index in [1.807, 2.05) is 23.9 Å². The van der Waals surface area contributed by atoms with Gasteiger partial charge in [-0.05, 0) is 12.8 Å². The molecule has 1 aliphatic rings. The van der Waals surface area contributed by atoms with E-state index >= 15 is 0 Å². The van der Waals surface area contributed by atoms with Crippen molar-refractivity contribution in [1.29, 1.82) is 0 Å². The van der Waals surface area contributed by atoms with Crippen LogP contribution >= 0.6 is 0 Å². The summed E-state index contributed by atoms with van der Waals surface area (Å²) in [6.07, 6.45) is 7.79. The van der Waals surface area contributed by atoms with E-state index in [-0.39, 0.29) is 0 Å². The third-order valence-electron chi connectivity index (χ3n) is 2.70. The maximum Gasteiger partial charge on any atom is 0.143 e. The Hall–Kier alpha value is -1.91. The van der Waals surface area contributed by atoms with Crippen molar-refractivity contribution in [2.45, 2.75) is 18.8 Å². The van der Waals surface area contributed by atoms with Crippen LogP contribution in [0.4, 0.5) is 5.82 Å². The van der Waals surface area contributed by atoms with E-state index in [0.29, 0.717) is 5.92 Å². The fourth-order valence-corrected chi connectivity index (χ4v) is 1.63. The Bertz CT molecular complexity index is 487. The highest BCUT2D eigenvalue weighted by atomic mass is 15.1. The molecule has 0 bridgehead atoms. The van der Waals surface area contributed by atoms with Gasteiger partial charge in [-0.1, -0.05) is 0 Å². The summed E-state index contributed by atoms with van der Waals surface area (Å²) in [6.45, 7) is 0. The maximum atomic E-state index is 4.56. The number of hydrogen-bond acceptors (Lipinski definition) is 4. The number of anilines is 1. The Morgan fingerprint density at radius 2 is 2.25 bits per heavy atom. The van der Waals surface area contributed by atoms with Crippen LogP contribution in [0.15, 0.2) is 24.8 Å². The smallest absolute Gasteiger partial charge is 0.143 e. The Labute approximate surface area is 93.6 Å². The van der Waals surface area contributed by atoms with Crippen LogP contribution in [0.3, 0.4) is 0 Å². The normalized spacial score (nSPS) is 15.1. The molecule has 0 atom stereocenters. The molecule has 2 aromatic heterocycles. The van der Waals surface area contributed by atoms with Gasteiger partial charge in [-0.25, -0.2) is 15.0 Å². The summed E-state index contributed by atoms with van der Waals surface area (Å²) in [7, 11) is 1.87. The zero-order chi connectivity index (χ0) is 11.0. The van der Waals surface area contributed by atoms with E-state index in [0.717, 1.165) is 17.5 Å². The molecule has 5 nitrogen and oxygen atoms in total. The summed E-state index contributed by atoms with van der Waals surface area (Å²) in [6, 6.07) is 1.92. The topological polar surface area (TPSA) is 55.6 Å². The standard InChI is InChI=1S/C11H13N5/c1-12-9-6-10(16-5-4-13-7-16)15-11(14-9)8-2-3-8/h4-8H,2-3H2,1H3,(H,12,14,15). The first kappa shape index (κ1) is 9.33. The molecule has 0 aliphatic heterocycles. The molecular weight excluding hydrogens is 202 g/mol. The number of aromatic nitrogens is 4. The lowest BCUT2D eigenvalue weighted by atomic mass is 10.3. The highest BCUT2D eigenvalue weighted by molar-refractivity contribution is 5.41. The van der Waals surface area contributed by atoms with Gasteiger partial charge in [0.25, 0.3) is 0 Å². The number of nitrogens with one attached hydrogen (secondary N) is 1. The second-order valence-corrected chi connectivity index (χ2v) is 3.96. The average molecular weight is 215 g/mol. The fourth-order valence-electron chi connectivity index (χ4n) is 1.63. The minimum atomic E-state index is 0.551. The molecule has 0 spiro atoms. The number of rotatable bonds is 3. The van der Waals surface area contributed by atoms with Crippen LogP contribution in [0.25, 0.3) is 5.82 Å². The SMILES string of the molecule is CNc1cc(-n2ccnc2)nc(C2CC2)n1. The van der Waals surface area contributed by atoms with Gasteiger partial charge in [0, 0.05) is 31.4 Å². The van der Waals surface area contributed by atoms with Crippen LogP contribution in [0, 0.1) is 0 Å². The summed E-state index contributed by atoms with van der Waals surface area (Å²) < 4.78 is 1.90. The van der Waals surface area contributed by atoms with Crippen LogP contribution in [0.5, 0.6) is 0 Å². The van der Waals surface area contributed by atoms with Crippen LogP contribution in [-0.4, -0.2) is 26.6 Å². The van der Waals surface area contributed by atoms with Crippen LogP contribution < -0.4 is 5.32 Å². The predicted octanol–water partition coefficient (Wildman–Crippen LogP) is 1.58. The van der Waals surface area contributed by atoms with E-state index in [9.17, 15) is 0 Å². The van der Waals surface area contributed by atoms with E-state index in [2.05, 4.69) is 20.3 Å². The monoisotopic (exact) mass is 215 g/mol. The molecule has 5 heteroatoms. The van der Waals surface area contributed by atoms with Gasteiger partial charge in [0.15, 0.2) is 0 Å². The van der Waals surface area contributed by atoms with Crippen molar-refractivity contribution in [3.63, 3.8) is 0 Å². The highest BCUT2D eigenvalue weighted by Gasteiger charge is 2.27. The number of imidazole rings is 1. The van der Waals surface area contributed by atoms with E-state index < -0.39 is 0 Å². The first-order valence-electron chi connectivity index (χ1n) is 5.42. The highest BCUT2D eigenvalue weighted by Crippen LogP contribution is 2.38. The first-order valence-corrected chi connectivity index (χ1v) is 5.42. The average Bonchev–Trinajstić information content (AvgIpc) is 3.04. The summed E-state index contributed by atoms with van der Waals surface area (Å²) in [4.78, 5) is 13.1. The van der Waals surface area contributed by atoms with E-state index in [1.54, 1.807) is 12.5 Å². The summed E-state index contributed by atoms with van der Waals surface area (Å²) in [5, 5.41) is 3.07. The van der Waals surface area contributed by atoms with Crippen molar-refractivity contribution in [2.75, 3.05) is 12.4 Å². The molecule has 1 aliphatic carbocycles. The lowest BCUT2D eigenvalue weighted by molar-refractivity contribution is 0.880. The van der Waals surface area contributed by atoms with Crippen molar-refractivity contribution in [2.24, 2.45) is 0 Å². The van der Waals surface area contributed by atoms with Crippen molar-refractivity contribution >= 4 is 5.82 Å². The molecule has 0 radical (unpaired) electrons. The van der Waals surface area contributed by atoms with Gasteiger partial charge in [-0.15, -0.1) is 0 Å². The summed E-state index contributed by atoms with van der Waals surface area (Å²) in [5.74, 6) is 3.23. The Balaban J connectivity index is 2.06. The second kappa shape index (κ2) is 3.59. The molecule has 0 saturated heterocycles. The van der Waals surface area contributed by atoms with Crippen LogP contribution in [0.2, 0.25) is 0 Å². The van der Waals surface area contributed by atoms with Gasteiger partial charge in [0.1, 0.15) is 23.8 Å². The van der Waals surface area contributed by atoms with Crippen molar-refractivity contribution in [3.05, 3.63) is 30.6 Å². The molecule has 0 unspecified atom stereocenters. The summed E-state index contributed by atoms with van der Waals surface area (Å²) >= 11 is 0. The van der Waals surface area contributed by atoms with Crippen molar-refractivity contribution in [1.82, 2.24) is 19.5 Å². The van der Waals surface area contributed by atoms with Gasteiger partial charge in [-0.2, -0.15) is 0 Å². The second-order valence-electron chi connectivity index (χ2n) is 3.96. The largest absolute Gasteiger partial charge is 0.373 e.